The standard InChI is InChI=1S/C15H17NO3S2/c1-12-4-8-14(9-5-12)20(3,17)16-21(18,19)15-10-6-13(2)7-11-15/h4-11H,1-3H3/t20-/m1/s1. The Balaban J connectivity index is 2.52. The molecule has 6 heteroatoms. The molecule has 0 aliphatic carbocycles. The molecule has 0 aliphatic heterocycles. The number of aryl methyl sites for hydroxylation is 2. The summed E-state index contributed by atoms with van der Waals surface area (Å²) in [6.07, 6.45) is 1.34. The third kappa shape index (κ3) is 3.71. The van der Waals surface area contributed by atoms with Crippen molar-refractivity contribution >= 4 is 19.8 Å². The van der Waals surface area contributed by atoms with Crippen molar-refractivity contribution in [2.45, 2.75) is 23.6 Å². The third-order valence-corrected chi connectivity index (χ3v) is 6.96. The third-order valence-electron chi connectivity index (χ3n) is 3.02. The Morgan fingerprint density at radius 1 is 0.714 bits per heavy atom. The molecule has 2 rings (SSSR count). The summed E-state index contributed by atoms with van der Waals surface area (Å²) in [5.74, 6) is 0. The average Bonchev–Trinajstić information content (AvgIpc) is 2.38. The molecule has 0 radical (unpaired) electrons. The summed E-state index contributed by atoms with van der Waals surface area (Å²) in [5.41, 5.74) is 1.96. The zero-order chi connectivity index (χ0) is 15.7. The van der Waals surface area contributed by atoms with Gasteiger partial charge < -0.3 is 0 Å². The van der Waals surface area contributed by atoms with E-state index in [1.54, 1.807) is 36.4 Å². The van der Waals surface area contributed by atoms with Crippen molar-refractivity contribution in [3.05, 3.63) is 59.7 Å². The number of benzene rings is 2. The highest BCUT2D eigenvalue weighted by Crippen LogP contribution is 2.19. The molecule has 4 nitrogen and oxygen atoms in total. The lowest BCUT2D eigenvalue weighted by Crippen LogP contribution is -2.04. The quantitative estimate of drug-likeness (QED) is 0.871. The molecule has 0 saturated heterocycles. The van der Waals surface area contributed by atoms with Gasteiger partial charge in [0.25, 0.3) is 10.0 Å². The molecule has 112 valence electrons. The van der Waals surface area contributed by atoms with E-state index in [0.29, 0.717) is 4.90 Å². The van der Waals surface area contributed by atoms with E-state index in [9.17, 15) is 12.6 Å². The zero-order valence-electron chi connectivity index (χ0n) is 12.1. The highest BCUT2D eigenvalue weighted by Gasteiger charge is 2.17. The summed E-state index contributed by atoms with van der Waals surface area (Å²) >= 11 is 0. The van der Waals surface area contributed by atoms with Gasteiger partial charge in [-0.05, 0) is 38.1 Å². The Kier molecular flexibility index (Phi) is 4.20. The number of hydrogen-bond acceptors (Lipinski definition) is 3. The van der Waals surface area contributed by atoms with E-state index in [2.05, 4.69) is 3.77 Å². The predicted octanol–water partition coefficient (Wildman–Crippen LogP) is 3.15. The Labute approximate surface area is 126 Å². The minimum Gasteiger partial charge on any atom is -0.244 e. The van der Waals surface area contributed by atoms with Crippen molar-refractivity contribution in [2.24, 2.45) is 3.77 Å². The number of nitrogens with zero attached hydrogens (tertiary/aromatic N) is 1. The molecule has 21 heavy (non-hydrogen) atoms. The minimum absolute atomic E-state index is 0.0507. The van der Waals surface area contributed by atoms with Gasteiger partial charge in [-0.25, -0.2) is 4.21 Å². The second kappa shape index (κ2) is 5.61. The lowest BCUT2D eigenvalue weighted by Gasteiger charge is -2.06. The number of hydrogen-bond donors (Lipinski definition) is 0. The first-order chi connectivity index (χ1) is 9.71. The monoisotopic (exact) mass is 323 g/mol. The average molecular weight is 323 g/mol. The molecule has 0 fully saturated rings. The van der Waals surface area contributed by atoms with Crippen LogP contribution in [0.15, 0.2) is 62.1 Å². The molecule has 0 heterocycles. The van der Waals surface area contributed by atoms with Crippen LogP contribution in [0, 0.1) is 13.8 Å². The summed E-state index contributed by atoms with van der Waals surface area (Å²) in [6, 6.07) is 13.2. The first-order valence-corrected chi connectivity index (χ1v) is 9.69. The van der Waals surface area contributed by atoms with Crippen molar-refractivity contribution in [2.75, 3.05) is 6.26 Å². The molecule has 0 aliphatic rings. The molecule has 1 atom stereocenters. The molecular formula is C15H17NO3S2. The first-order valence-electron chi connectivity index (χ1n) is 6.32. The molecule has 0 spiro atoms. The topological polar surface area (TPSA) is 63.6 Å². The van der Waals surface area contributed by atoms with Crippen molar-refractivity contribution in [3.8, 4) is 0 Å². The molecule has 2 aromatic rings. The summed E-state index contributed by atoms with van der Waals surface area (Å²) in [4.78, 5) is 0.457. The van der Waals surface area contributed by atoms with Gasteiger partial charge in [0.15, 0.2) is 0 Å². The van der Waals surface area contributed by atoms with Gasteiger partial charge in [0.1, 0.15) is 0 Å². The van der Waals surface area contributed by atoms with E-state index in [-0.39, 0.29) is 4.90 Å². The summed E-state index contributed by atoms with van der Waals surface area (Å²) < 4.78 is 40.8. The van der Waals surface area contributed by atoms with E-state index in [4.69, 9.17) is 0 Å². The van der Waals surface area contributed by atoms with Gasteiger partial charge in [-0.1, -0.05) is 35.4 Å². The van der Waals surface area contributed by atoms with Gasteiger partial charge in [0, 0.05) is 11.2 Å². The van der Waals surface area contributed by atoms with Crippen LogP contribution < -0.4 is 0 Å². The Bertz CT molecular complexity index is 858. The second-order valence-electron chi connectivity index (χ2n) is 4.98. The predicted molar refractivity (Wildman–Crippen MR) is 84.3 cm³/mol. The van der Waals surface area contributed by atoms with Crippen LogP contribution in [-0.2, 0) is 19.8 Å². The zero-order valence-corrected chi connectivity index (χ0v) is 13.7. The summed E-state index contributed by atoms with van der Waals surface area (Å²) in [6.45, 7) is 3.77. The Morgan fingerprint density at radius 2 is 1.10 bits per heavy atom. The first kappa shape index (κ1) is 15.7. The van der Waals surface area contributed by atoms with Crippen LogP contribution in [0.1, 0.15) is 11.1 Å². The largest absolute Gasteiger partial charge is 0.290 e. The highest BCUT2D eigenvalue weighted by atomic mass is 32.3. The Morgan fingerprint density at radius 3 is 1.52 bits per heavy atom. The second-order valence-corrected chi connectivity index (χ2v) is 9.07. The molecule has 0 amide bonds. The van der Waals surface area contributed by atoms with Gasteiger partial charge in [-0.15, -0.1) is 3.77 Å². The maximum atomic E-state index is 12.6. The molecule has 2 aromatic carbocycles. The van der Waals surface area contributed by atoms with Crippen LogP contribution in [-0.4, -0.2) is 18.9 Å². The van der Waals surface area contributed by atoms with Crippen LogP contribution in [0.2, 0.25) is 0 Å². The van der Waals surface area contributed by atoms with E-state index < -0.39 is 19.8 Å². The SMILES string of the molecule is Cc1ccc(S(=O)(=O)N=[S@](C)(=O)c2ccc(C)cc2)cc1. The van der Waals surface area contributed by atoms with Gasteiger partial charge in [-0.3, -0.25) is 0 Å². The molecule has 0 bridgehead atoms. The smallest absolute Gasteiger partial charge is 0.244 e. The van der Waals surface area contributed by atoms with E-state index in [0.717, 1.165) is 11.1 Å². The van der Waals surface area contributed by atoms with E-state index in [1.807, 2.05) is 13.8 Å². The molecule has 0 unspecified atom stereocenters. The minimum atomic E-state index is -3.94. The van der Waals surface area contributed by atoms with Crippen molar-refractivity contribution in [3.63, 3.8) is 0 Å². The van der Waals surface area contributed by atoms with Crippen molar-refractivity contribution in [1.29, 1.82) is 0 Å². The normalized spacial score (nSPS) is 14.4. The van der Waals surface area contributed by atoms with Crippen molar-refractivity contribution in [1.82, 2.24) is 0 Å². The lowest BCUT2D eigenvalue weighted by atomic mass is 10.2. The molecule has 0 saturated carbocycles. The molecule has 0 aromatic heterocycles. The van der Waals surface area contributed by atoms with Gasteiger partial charge >= 0.3 is 0 Å². The van der Waals surface area contributed by atoms with Crippen LogP contribution >= 0.6 is 0 Å². The molecular weight excluding hydrogens is 306 g/mol. The molecule has 0 N–H and O–H groups in total. The summed E-state index contributed by atoms with van der Waals surface area (Å²) in [5, 5.41) is 0. The van der Waals surface area contributed by atoms with Crippen LogP contribution in [0.25, 0.3) is 0 Å². The van der Waals surface area contributed by atoms with Crippen LogP contribution in [0.5, 0.6) is 0 Å². The number of sulfonamides is 1. The fourth-order valence-corrected chi connectivity index (χ4v) is 5.08. The fraction of sp³-hybridized carbons (Fsp3) is 0.200. The van der Waals surface area contributed by atoms with Crippen LogP contribution in [0.3, 0.4) is 0 Å². The van der Waals surface area contributed by atoms with Crippen LogP contribution in [0.4, 0.5) is 0 Å². The Hall–Kier alpha value is -1.66. The van der Waals surface area contributed by atoms with Gasteiger partial charge in [0.05, 0.1) is 14.6 Å². The summed E-state index contributed by atoms with van der Waals surface area (Å²) in [7, 11) is -6.95. The maximum Gasteiger partial charge on any atom is 0.290 e. The fourth-order valence-electron chi connectivity index (χ4n) is 1.77. The number of rotatable bonds is 3. The van der Waals surface area contributed by atoms with E-state index in [1.165, 1.54) is 18.4 Å². The maximum absolute atomic E-state index is 12.6. The highest BCUT2D eigenvalue weighted by molar-refractivity contribution is 8.03. The van der Waals surface area contributed by atoms with Crippen molar-refractivity contribution < 1.29 is 12.6 Å². The lowest BCUT2D eigenvalue weighted by molar-refractivity contribution is 0.598. The van der Waals surface area contributed by atoms with E-state index >= 15 is 0 Å². The van der Waals surface area contributed by atoms with Gasteiger partial charge in [-0.2, -0.15) is 8.42 Å². The van der Waals surface area contributed by atoms with Gasteiger partial charge in [0.2, 0.25) is 0 Å².